The number of aromatic amines is 1. The molecule has 37 heavy (non-hydrogen) atoms. The molecular weight excluding hydrogens is 510 g/mol. The Labute approximate surface area is 227 Å². The monoisotopic (exact) mass is 568 g/mol. The second-order valence-electron chi connectivity index (χ2n) is 13.1. The van der Waals surface area contributed by atoms with Gasteiger partial charge in [0.05, 0.1) is 13.2 Å². The predicted octanol–water partition coefficient (Wildman–Crippen LogP) is 6.19. The molecule has 0 aliphatic heterocycles. The molecule has 0 bridgehead atoms. The molecule has 1 aromatic heterocycles. The maximum absolute atomic E-state index is 10.6. The summed E-state index contributed by atoms with van der Waals surface area (Å²) in [5.74, 6) is 1.46. The van der Waals surface area contributed by atoms with Gasteiger partial charge in [-0.15, -0.1) is 0 Å². The van der Waals surface area contributed by atoms with Gasteiger partial charge >= 0.3 is 7.60 Å². The normalized spacial score (nSPS) is 15.5. The highest BCUT2D eigenvalue weighted by atomic mass is 31.2. The molecule has 3 unspecified atom stereocenters. The molecule has 8 nitrogen and oxygen atoms in total. The third-order valence-corrected chi connectivity index (χ3v) is 7.69. The van der Waals surface area contributed by atoms with Crippen LogP contribution < -0.4 is 9.46 Å². The van der Waals surface area contributed by atoms with Gasteiger partial charge in [0.1, 0.15) is 20.0 Å². The Morgan fingerprint density at radius 2 is 1.35 bits per heavy atom. The molecular formula is C27H58N2O6P2. The molecule has 0 aliphatic rings. The van der Waals surface area contributed by atoms with Gasteiger partial charge in [-0.3, -0.25) is 4.57 Å². The van der Waals surface area contributed by atoms with Crippen LogP contribution in [0.5, 0.6) is 0 Å². The number of nitrogens with one attached hydrogen (secondary N) is 1. The zero-order chi connectivity index (χ0) is 29.5. The van der Waals surface area contributed by atoms with Gasteiger partial charge in [0.15, 0.2) is 0 Å². The summed E-state index contributed by atoms with van der Waals surface area (Å²) in [6, 6.07) is 0. The minimum absolute atomic E-state index is 0.00424. The number of unbranched alkanes of at least 4 members (excludes halogenated alkanes) is 4. The fourth-order valence-corrected chi connectivity index (χ4v) is 6.46. The van der Waals surface area contributed by atoms with Crippen molar-refractivity contribution in [3.05, 3.63) is 18.2 Å². The molecule has 0 fully saturated rings. The van der Waals surface area contributed by atoms with Gasteiger partial charge in [-0.05, 0) is 41.9 Å². The topological polar surface area (TPSA) is 138 Å². The van der Waals surface area contributed by atoms with E-state index in [1.807, 2.05) is 20.0 Å². The molecule has 0 radical (unpaired) electrons. The summed E-state index contributed by atoms with van der Waals surface area (Å²) in [5, 5.41) is 0. The summed E-state index contributed by atoms with van der Waals surface area (Å²) in [6.45, 7) is 18.3. The van der Waals surface area contributed by atoms with Crippen LogP contribution in [0.15, 0.2) is 12.4 Å². The lowest BCUT2D eigenvalue weighted by atomic mass is 9.86. The first kappa shape index (κ1) is 38.7. The van der Waals surface area contributed by atoms with Gasteiger partial charge in [-0.2, -0.15) is 0 Å². The molecule has 1 aromatic rings. The summed E-state index contributed by atoms with van der Waals surface area (Å²) in [7, 11) is -5.77. The van der Waals surface area contributed by atoms with E-state index < -0.39 is 15.2 Å². The van der Waals surface area contributed by atoms with Crippen molar-refractivity contribution in [2.75, 3.05) is 12.3 Å². The molecule has 10 heteroatoms. The van der Waals surface area contributed by atoms with Crippen molar-refractivity contribution < 1.29 is 33.3 Å². The molecule has 0 aliphatic carbocycles. The average molecular weight is 569 g/mol. The fourth-order valence-electron chi connectivity index (χ4n) is 4.60. The van der Waals surface area contributed by atoms with E-state index in [4.69, 9.17) is 14.7 Å². The van der Waals surface area contributed by atoms with Crippen LogP contribution in [0.2, 0.25) is 0 Å². The maximum atomic E-state index is 10.6. The first-order valence-electron chi connectivity index (χ1n) is 13.6. The van der Waals surface area contributed by atoms with Crippen LogP contribution in [-0.4, -0.2) is 32.0 Å². The van der Waals surface area contributed by atoms with Crippen molar-refractivity contribution >= 4 is 15.2 Å². The van der Waals surface area contributed by atoms with Gasteiger partial charge in [0, 0.05) is 12.6 Å². The van der Waals surface area contributed by atoms with E-state index in [2.05, 4.69) is 71.3 Å². The van der Waals surface area contributed by atoms with Gasteiger partial charge in [0.25, 0.3) is 5.82 Å². The van der Waals surface area contributed by atoms with Crippen LogP contribution in [0.25, 0.3) is 0 Å². The maximum Gasteiger partial charge on any atom is 0.325 e. The smallest absolute Gasteiger partial charge is 0.325 e. The first-order chi connectivity index (χ1) is 16.5. The largest absolute Gasteiger partial charge is 0.779 e. The molecule has 222 valence electrons. The van der Waals surface area contributed by atoms with Crippen LogP contribution in [-0.2, 0) is 22.6 Å². The number of hydrogen-bond acceptors (Lipinski definition) is 3. The van der Waals surface area contributed by atoms with E-state index in [1.54, 1.807) is 0 Å². The SMILES string of the molecule is CC(CC(C)(C)C)CP(=O)(O)O.CC(CC(C)(C)C)CP(=O)([O-])O.CCCCCCCc1[nH]cc[n+]1C. The minimum atomic E-state index is -4.06. The molecule has 0 amide bonds. The number of aromatic nitrogens is 2. The molecule has 3 atom stereocenters. The number of hydrogen-bond donors (Lipinski definition) is 4. The number of rotatable bonds is 12. The lowest BCUT2D eigenvalue weighted by Gasteiger charge is -2.26. The molecule has 0 spiro atoms. The zero-order valence-electron chi connectivity index (χ0n) is 25.3. The minimum Gasteiger partial charge on any atom is -0.779 e. The summed E-state index contributed by atoms with van der Waals surface area (Å²) in [4.78, 5) is 39.7. The first-order valence-corrected chi connectivity index (χ1v) is 17.2. The zero-order valence-corrected chi connectivity index (χ0v) is 27.1. The molecule has 0 aromatic carbocycles. The highest BCUT2D eigenvalue weighted by Crippen LogP contribution is 2.39. The van der Waals surface area contributed by atoms with Crippen molar-refractivity contribution in [1.29, 1.82) is 0 Å². The van der Waals surface area contributed by atoms with E-state index in [0.29, 0.717) is 0 Å². The van der Waals surface area contributed by atoms with Crippen molar-refractivity contribution in [3.8, 4) is 0 Å². The Morgan fingerprint density at radius 3 is 1.70 bits per heavy atom. The lowest BCUT2D eigenvalue weighted by molar-refractivity contribution is -0.677. The van der Waals surface area contributed by atoms with Crippen LogP contribution >= 0.6 is 15.2 Å². The van der Waals surface area contributed by atoms with Crippen LogP contribution in [0, 0.1) is 22.7 Å². The van der Waals surface area contributed by atoms with Crippen LogP contribution in [0.4, 0.5) is 0 Å². The Morgan fingerprint density at radius 1 is 0.892 bits per heavy atom. The molecule has 0 saturated heterocycles. The lowest BCUT2D eigenvalue weighted by Crippen LogP contribution is -2.30. The number of imidazole rings is 1. The Bertz CT molecular complexity index is 761. The van der Waals surface area contributed by atoms with Gasteiger partial charge in [-0.1, -0.05) is 88.0 Å². The van der Waals surface area contributed by atoms with Gasteiger partial charge in [-0.25, -0.2) is 9.55 Å². The Hall–Kier alpha value is -0.490. The van der Waals surface area contributed by atoms with Gasteiger partial charge in [0.2, 0.25) is 0 Å². The van der Waals surface area contributed by atoms with Crippen LogP contribution in [0.3, 0.4) is 0 Å². The Kier molecular flexibility index (Phi) is 18.8. The third kappa shape index (κ3) is 29.9. The van der Waals surface area contributed by atoms with E-state index in [9.17, 15) is 14.0 Å². The predicted molar refractivity (Wildman–Crippen MR) is 153 cm³/mol. The molecule has 0 saturated carbocycles. The van der Waals surface area contributed by atoms with Crippen molar-refractivity contribution in [3.63, 3.8) is 0 Å². The fraction of sp³-hybridized carbons (Fsp3) is 0.889. The molecule has 1 rings (SSSR count). The standard InChI is InChI=1S/C11H20N2.2C8H19O3P/c1-3-4-5-6-7-8-11-12-9-10-13(11)2;2*1-7(5-8(2,3)4)6-12(9,10)11/h9-10H,3-8H2,1-2H3;2*7H,5-6H2,1-4H3,(H2,9,10,11). The summed E-state index contributed by atoms with van der Waals surface area (Å²) in [5.41, 5.74) is 0.267. The average Bonchev–Trinajstić information content (AvgIpc) is 3.01. The van der Waals surface area contributed by atoms with Crippen molar-refractivity contribution in [1.82, 2.24) is 4.98 Å². The van der Waals surface area contributed by atoms with Crippen molar-refractivity contribution in [2.24, 2.45) is 29.7 Å². The van der Waals surface area contributed by atoms with E-state index in [1.165, 1.54) is 44.3 Å². The van der Waals surface area contributed by atoms with E-state index >= 15 is 0 Å². The van der Waals surface area contributed by atoms with E-state index in [-0.39, 0.29) is 35.0 Å². The number of nitrogens with zero attached hydrogens (tertiary/aromatic N) is 1. The second-order valence-corrected chi connectivity index (χ2v) is 16.4. The van der Waals surface area contributed by atoms with Crippen molar-refractivity contribution in [2.45, 2.75) is 114 Å². The number of H-pyrrole nitrogens is 1. The summed E-state index contributed by atoms with van der Waals surface area (Å²) >= 11 is 0. The molecule has 1 heterocycles. The second kappa shape index (κ2) is 18.0. The number of aryl methyl sites for hydroxylation is 2. The quantitative estimate of drug-likeness (QED) is 0.135. The van der Waals surface area contributed by atoms with E-state index in [0.717, 1.165) is 12.8 Å². The highest BCUT2D eigenvalue weighted by molar-refractivity contribution is 7.51. The third-order valence-electron chi connectivity index (χ3n) is 5.50. The summed E-state index contributed by atoms with van der Waals surface area (Å²) in [6.07, 6.45) is 13.6. The summed E-state index contributed by atoms with van der Waals surface area (Å²) < 4.78 is 23.3. The van der Waals surface area contributed by atoms with Crippen LogP contribution in [0.1, 0.15) is 113 Å². The van der Waals surface area contributed by atoms with Gasteiger partial charge < -0.3 is 24.1 Å². The Balaban J connectivity index is 0. The highest BCUT2D eigenvalue weighted by Gasteiger charge is 2.22. The molecule has 4 N–H and O–H groups in total.